The molecule has 0 spiro atoms. The van der Waals surface area contributed by atoms with E-state index in [4.69, 9.17) is 14.4 Å². The van der Waals surface area contributed by atoms with Gasteiger partial charge in [-0.15, -0.1) is 0 Å². The molecule has 3 nitrogen and oxygen atoms in total. The normalized spacial score (nSPS) is 14.2. The smallest absolute Gasteiger partial charge is 0.160 e. The number of aromatic nitrogens is 2. The maximum Gasteiger partial charge on any atom is 0.160 e. The lowest BCUT2D eigenvalue weighted by Gasteiger charge is -2.28. The van der Waals surface area contributed by atoms with Gasteiger partial charge in [0.25, 0.3) is 0 Å². The predicted molar refractivity (Wildman–Crippen MR) is 259 cm³/mol. The molecule has 1 unspecified atom stereocenters. The van der Waals surface area contributed by atoms with Crippen molar-refractivity contribution in [1.82, 2.24) is 9.97 Å². The highest BCUT2D eigenvalue weighted by atomic mass is 16.3. The third-order valence-electron chi connectivity index (χ3n) is 13.0. The molecule has 0 amide bonds. The van der Waals surface area contributed by atoms with Gasteiger partial charge in [0.2, 0.25) is 0 Å². The fourth-order valence-electron chi connectivity index (χ4n) is 9.85. The van der Waals surface area contributed by atoms with E-state index in [0.717, 1.165) is 83.4 Å². The summed E-state index contributed by atoms with van der Waals surface area (Å²) in [6.07, 6.45) is 0. The molecular weight excluding hydrogens is 765 g/mol. The summed E-state index contributed by atoms with van der Waals surface area (Å²) in [6.45, 7) is 2.36. The Balaban J connectivity index is 1.11. The number of nitrogens with zero attached hydrogens (tertiary/aromatic N) is 2. The Hall–Kier alpha value is -8.14. The van der Waals surface area contributed by atoms with Crippen LogP contribution in [0.25, 0.3) is 100 Å². The van der Waals surface area contributed by atoms with Gasteiger partial charge in [-0.05, 0) is 105 Å². The van der Waals surface area contributed by atoms with Crippen molar-refractivity contribution >= 4 is 21.9 Å². The van der Waals surface area contributed by atoms with Crippen LogP contribution in [0.4, 0.5) is 0 Å². The van der Waals surface area contributed by atoms with Gasteiger partial charge in [0.15, 0.2) is 5.82 Å². The van der Waals surface area contributed by atoms with Crippen LogP contribution in [0.1, 0.15) is 23.6 Å². The van der Waals surface area contributed by atoms with Crippen LogP contribution in [0.3, 0.4) is 0 Å². The van der Waals surface area contributed by atoms with Crippen molar-refractivity contribution in [2.75, 3.05) is 0 Å². The average Bonchev–Trinajstić information content (AvgIpc) is 3.87. The fraction of sp³-hybridized carbons (Fsp3) is 0.0333. The summed E-state index contributed by atoms with van der Waals surface area (Å²) in [6, 6.07) is 80.0. The van der Waals surface area contributed by atoms with Gasteiger partial charge in [0.1, 0.15) is 11.2 Å². The second-order valence-corrected chi connectivity index (χ2v) is 16.6. The van der Waals surface area contributed by atoms with Gasteiger partial charge in [0.05, 0.1) is 11.4 Å². The summed E-state index contributed by atoms with van der Waals surface area (Å²) >= 11 is 0. The summed E-state index contributed by atoms with van der Waals surface area (Å²) in [7, 11) is 0. The van der Waals surface area contributed by atoms with Crippen molar-refractivity contribution in [3.8, 4) is 78.4 Å². The third kappa shape index (κ3) is 6.12. The molecule has 0 saturated heterocycles. The molecular formula is C60H40N2O. The predicted octanol–water partition coefficient (Wildman–Crippen LogP) is 15.7. The van der Waals surface area contributed by atoms with Crippen molar-refractivity contribution < 1.29 is 4.42 Å². The minimum absolute atomic E-state index is 0.333. The van der Waals surface area contributed by atoms with Crippen LogP contribution in [0.2, 0.25) is 0 Å². The monoisotopic (exact) mass is 804 g/mol. The Labute approximate surface area is 366 Å². The van der Waals surface area contributed by atoms with Crippen LogP contribution in [-0.2, 0) is 5.41 Å². The van der Waals surface area contributed by atoms with E-state index in [9.17, 15) is 0 Å². The van der Waals surface area contributed by atoms with Crippen molar-refractivity contribution in [3.63, 3.8) is 0 Å². The molecule has 12 rings (SSSR count). The minimum atomic E-state index is -0.333. The van der Waals surface area contributed by atoms with Crippen LogP contribution in [0.5, 0.6) is 0 Å². The molecule has 2 aromatic heterocycles. The van der Waals surface area contributed by atoms with Gasteiger partial charge >= 0.3 is 0 Å². The molecule has 1 atom stereocenters. The molecule has 0 N–H and O–H groups in total. The van der Waals surface area contributed by atoms with Crippen LogP contribution in [-0.4, -0.2) is 9.97 Å². The van der Waals surface area contributed by atoms with Gasteiger partial charge in [-0.1, -0.05) is 182 Å². The topological polar surface area (TPSA) is 38.9 Å². The first-order valence-corrected chi connectivity index (χ1v) is 21.6. The largest absolute Gasteiger partial charge is 0.455 e. The minimum Gasteiger partial charge on any atom is -0.455 e. The molecule has 0 bridgehead atoms. The van der Waals surface area contributed by atoms with Gasteiger partial charge < -0.3 is 4.42 Å². The third-order valence-corrected chi connectivity index (χ3v) is 13.0. The highest BCUT2D eigenvalue weighted by Gasteiger charge is 2.41. The molecule has 11 aromatic rings. The molecule has 3 heteroatoms. The van der Waals surface area contributed by atoms with Gasteiger partial charge in [-0.2, -0.15) is 0 Å². The number of fused-ring (bicyclic) bond motifs is 6. The lowest BCUT2D eigenvalue weighted by atomic mass is 9.74. The number of benzene rings is 9. The molecule has 1 aliphatic rings. The second-order valence-electron chi connectivity index (χ2n) is 16.6. The molecule has 0 aliphatic heterocycles. The molecule has 63 heavy (non-hydrogen) atoms. The van der Waals surface area contributed by atoms with E-state index in [1.54, 1.807) is 0 Å². The number of hydrogen-bond acceptors (Lipinski definition) is 3. The average molecular weight is 805 g/mol. The first-order valence-electron chi connectivity index (χ1n) is 21.6. The fourth-order valence-corrected chi connectivity index (χ4v) is 9.85. The standard InChI is InChI=1S/C60H40N2O/c1-60(46-25-12-5-13-26-46)52-30-16-14-28-48(52)57-49(29-18-31-53(57)60)55-38-54(61-59(62-55)41-23-10-4-11-24-41)45-34-42(39-19-6-2-7-20-39)33-43(35-45)44-36-50(40-21-8-3-9-22-40)58-51(37-44)47-27-15-17-32-56(47)63-58/h2-38H,1H3. The lowest BCUT2D eigenvalue weighted by molar-refractivity contribution is 0.670. The Morgan fingerprint density at radius 1 is 0.365 bits per heavy atom. The van der Waals surface area contributed by atoms with Crippen molar-refractivity contribution in [2.45, 2.75) is 12.3 Å². The van der Waals surface area contributed by atoms with E-state index in [-0.39, 0.29) is 5.41 Å². The highest BCUT2D eigenvalue weighted by Crippen LogP contribution is 2.55. The van der Waals surface area contributed by atoms with Crippen LogP contribution < -0.4 is 0 Å². The maximum absolute atomic E-state index is 6.60. The molecule has 2 heterocycles. The Morgan fingerprint density at radius 2 is 0.921 bits per heavy atom. The molecule has 1 aliphatic carbocycles. The number of para-hydroxylation sites is 1. The van der Waals surface area contributed by atoms with Crippen LogP contribution in [0.15, 0.2) is 229 Å². The molecule has 0 fully saturated rings. The number of hydrogen-bond donors (Lipinski definition) is 0. The highest BCUT2D eigenvalue weighted by molar-refractivity contribution is 6.11. The second kappa shape index (κ2) is 14.8. The van der Waals surface area contributed by atoms with E-state index in [0.29, 0.717) is 5.82 Å². The van der Waals surface area contributed by atoms with Crippen molar-refractivity contribution in [3.05, 3.63) is 241 Å². The summed E-state index contributed by atoms with van der Waals surface area (Å²) in [5.74, 6) is 0.683. The Bertz CT molecular complexity index is 3500. The molecule has 296 valence electrons. The molecule has 9 aromatic carbocycles. The van der Waals surface area contributed by atoms with Gasteiger partial charge in [-0.3, -0.25) is 0 Å². The van der Waals surface area contributed by atoms with Crippen LogP contribution >= 0.6 is 0 Å². The summed E-state index contributed by atoms with van der Waals surface area (Å²) in [4.78, 5) is 10.8. The van der Waals surface area contributed by atoms with E-state index >= 15 is 0 Å². The number of furan rings is 1. The Morgan fingerprint density at radius 3 is 1.68 bits per heavy atom. The number of rotatable bonds is 7. The van der Waals surface area contributed by atoms with Gasteiger partial charge in [-0.25, -0.2) is 9.97 Å². The molecule has 0 radical (unpaired) electrons. The first-order chi connectivity index (χ1) is 31.1. The molecule has 0 saturated carbocycles. The summed E-state index contributed by atoms with van der Waals surface area (Å²) in [5, 5.41) is 2.18. The maximum atomic E-state index is 6.60. The lowest BCUT2D eigenvalue weighted by Crippen LogP contribution is -2.22. The quantitative estimate of drug-likeness (QED) is 0.161. The zero-order valence-corrected chi connectivity index (χ0v) is 34.7. The first kappa shape index (κ1) is 36.7. The van der Waals surface area contributed by atoms with E-state index in [2.05, 4.69) is 219 Å². The van der Waals surface area contributed by atoms with E-state index in [1.165, 1.54) is 27.8 Å². The zero-order chi connectivity index (χ0) is 41.9. The van der Waals surface area contributed by atoms with E-state index in [1.807, 2.05) is 12.1 Å². The summed E-state index contributed by atoms with van der Waals surface area (Å²) < 4.78 is 6.60. The van der Waals surface area contributed by atoms with Gasteiger partial charge in [0, 0.05) is 38.4 Å². The van der Waals surface area contributed by atoms with Crippen LogP contribution in [0, 0.1) is 0 Å². The van der Waals surface area contributed by atoms with E-state index < -0.39 is 0 Å². The SMILES string of the molecule is CC1(c2ccccc2)c2ccccc2-c2c(-c3cc(-c4cc(-c5ccccc5)cc(-c5cc(-c6ccccc6)c6oc7ccccc7c6c5)c4)nc(-c4ccccc4)n3)cccc21. The zero-order valence-electron chi connectivity index (χ0n) is 34.7. The Kier molecular flexibility index (Phi) is 8.62. The summed E-state index contributed by atoms with van der Waals surface area (Å²) in [5.41, 5.74) is 19.1. The van der Waals surface area contributed by atoms with Crippen molar-refractivity contribution in [2.24, 2.45) is 0 Å². The van der Waals surface area contributed by atoms with Crippen molar-refractivity contribution in [1.29, 1.82) is 0 Å².